The molecule has 35 heavy (non-hydrogen) atoms. The van der Waals surface area contributed by atoms with Crippen molar-refractivity contribution in [2.24, 2.45) is 5.18 Å². The zero-order chi connectivity index (χ0) is 24.2. The molecule has 172 valence electrons. The van der Waals surface area contributed by atoms with E-state index in [1.165, 1.54) is 0 Å². The fourth-order valence-corrected chi connectivity index (χ4v) is 4.42. The molecule has 0 atom stereocenters. The average molecular weight is 462 g/mol. The molecular formula is C29H23N3O3. The Morgan fingerprint density at radius 1 is 0.829 bits per heavy atom. The number of hydrogen-bond acceptors (Lipinski definition) is 4. The highest BCUT2D eigenvalue weighted by atomic mass is 16.3. The van der Waals surface area contributed by atoms with E-state index in [1.54, 1.807) is 22.8 Å². The fourth-order valence-electron chi connectivity index (χ4n) is 4.42. The van der Waals surface area contributed by atoms with Crippen LogP contribution in [0.4, 0.5) is 11.4 Å². The number of fused-ring (bicyclic) bond motifs is 1. The lowest BCUT2D eigenvalue weighted by Crippen LogP contribution is -2.22. The Balaban J connectivity index is 1.50. The third-order valence-corrected chi connectivity index (χ3v) is 6.08. The molecule has 0 spiro atoms. The third-order valence-electron chi connectivity index (χ3n) is 6.08. The molecule has 0 saturated carbocycles. The highest BCUT2D eigenvalue weighted by Gasteiger charge is 2.24. The second-order valence-electron chi connectivity index (χ2n) is 8.31. The van der Waals surface area contributed by atoms with Gasteiger partial charge in [0.2, 0.25) is 11.8 Å². The van der Waals surface area contributed by atoms with Crippen molar-refractivity contribution in [2.45, 2.75) is 12.5 Å². The summed E-state index contributed by atoms with van der Waals surface area (Å²) < 4.78 is 1.64. The molecule has 6 heteroatoms. The van der Waals surface area contributed by atoms with Crippen LogP contribution in [0.25, 0.3) is 10.9 Å². The first-order valence-corrected chi connectivity index (χ1v) is 11.3. The summed E-state index contributed by atoms with van der Waals surface area (Å²) in [6.07, 6.45) is 0. The van der Waals surface area contributed by atoms with Gasteiger partial charge in [0, 0.05) is 11.1 Å². The van der Waals surface area contributed by atoms with Gasteiger partial charge in [0.1, 0.15) is 0 Å². The van der Waals surface area contributed by atoms with E-state index < -0.39 is 5.92 Å². The summed E-state index contributed by atoms with van der Waals surface area (Å²) in [5.41, 5.74) is 3.85. The van der Waals surface area contributed by atoms with Gasteiger partial charge < -0.3 is 15.0 Å². The lowest BCUT2D eigenvalue weighted by Gasteiger charge is -2.18. The number of nitrogens with zero attached hydrogens (tertiary/aromatic N) is 2. The van der Waals surface area contributed by atoms with Gasteiger partial charge in [-0.3, -0.25) is 4.79 Å². The van der Waals surface area contributed by atoms with Gasteiger partial charge in [-0.15, -0.1) is 4.91 Å². The van der Waals surface area contributed by atoms with Gasteiger partial charge in [-0.1, -0.05) is 91.0 Å². The first kappa shape index (κ1) is 22.1. The highest BCUT2D eigenvalue weighted by Crippen LogP contribution is 2.40. The average Bonchev–Trinajstić information content (AvgIpc) is 3.15. The van der Waals surface area contributed by atoms with Crippen LogP contribution in [0, 0.1) is 4.91 Å². The van der Waals surface area contributed by atoms with E-state index >= 15 is 0 Å². The molecule has 0 fully saturated rings. The van der Waals surface area contributed by atoms with Crippen LogP contribution in [0.2, 0.25) is 0 Å². The third kappa shape index (κ3) is 4.42. The molecule has 4 aromatic carbocycles. The number of hydrogen-bond donors (Lipinski definition) is 2. The summed E-state index contributed by atoms with van der Waals surface area (Å²) in [5, 5.41) is 17.3. The Kier molecular flexibility index (Phi) is 6.09. The number of aromatic nitrogens is 1. The van der Waals surface area contributed by atoms with Crippen LogP contribution in [0.3, 0.4) is 0 Å². The molecule has 5 aromatic rings. The number of benzene rings is 4. The smallest absolute Gasteiger partial charge is 0.236 e. The van der Waals surface area contributed by atoms with Crippen LogP contribution in [0.1, 0.15) is 22.6 Å². The number of aromatic hydroxyl groups is 1. The molecular weight excluding hydrogens is 438 g/mol. The van der Waals surface area contributed by atoms with E-state index in [1.807, 2.05) is 91.0 Å². The van der Waals surface area contributed by atoms with Crippen molar-refractivity contribution in [1.29, 1.82) is 0 Å². The zero-order valence-corrected chi connectivity index (χ0v) is 18.8. The van der Waals surface area contributed by atoms with Gasteiger partial charge >= 0.3 is 0 Å². The summed E-state index contributed by atoms with van der Waals surface area (Å²) in [6.45, 7) is 0.383. The van der Waals surface area contributed by atoms with E-state index in [-0.39, 0.29) is 17.5 Å². The molecule has 0 bridgehead atoms. The summed E-state index contributed by atoms with van der Waals surface area (Å²) in [6, 6.07) is 34.0. The first-order chi connectivity index (χ1) is 17.2. The monoisotopic (exact) mass is 461 g/mol. The van der Waals surface area contributed by atoms with Gasteiger partial charge in [-0.25, -0.2) is 0 Å². The second kappa shape index (κ2) is 9.65. The zero-order valence-electron chi connectivity index (χ0n) is 18.8. The Hall–Kier alpha value is -4.71. The van der Waals surface area contributed by atoms with Crippen LogP contribution < -0.4 is 5.32 Å². The van der Waals surface area contributed by atoms with E-state index in [9.17, 15) is 14.8 Å². The summed E-state index contributed by atoms with van der Waals surface area (Å²) in [7, 11) is 0. The largest absolute Gasteiger partial charge is 0.493 e. The maximum atomic E-state index is 13.5. The van der Waals surface area contributed by atoms with E-state index in [4.69, 9.17) is 0 Å². The normalized spacial score (nSPS) is 11.0. The quantitative estimate of drug-likeness (QED) is 0.269. The maximum Gasteiger partial charge on any atom is 0.236 e. The minimum Gasteiger partial charge on any atom is -0.493 e. The minimum atomic E-state index is -0.507. The lowest BCUT2D eigenvalue weighted by atomic mass is 9.90. The van der Waals surface area contributed by atoms with Crippen molar-refractivity contribution in [3.05, 3.63) is 131 Å². The molecule has 5 rings (SSSR count). The molecule has 1 aromatic heterocycles. The second-order valence-corrected chi connectivity index (χ2v) is 8.31. The van der Waals surface area contributed by atoms with E-state index in [2.05, 4.69) is 10.5 Å². The summed E-state index contributed by atoms with van der Waals surface area (Å²) in [5.74, 6) is -0.906. The standard InChI is InChI=1S/C29H23N3O3/c33-28(26(21-12-6-2-7-13-21)22-14-8-3-9-15-22)30-23-16-17-25-24(18-23)27(31-35)29(34)32(25)19-20-10-4-1-5-11-20/h1-18,26,34H,19H2,(H,30,33). The van der Waals surface area contributed by atoms with Crippen LogP contribution in [0.5, 0.6) is 5.88 Å². The van der Waals surface area contributed by atoms with Crippen molar-refractivity contribution in [3.63, 3.8) is 0 Å². The molecule has 1 amide bonds. The summed E-state index contributed by atoms with van der Waals surface area (Å²) >= 11 is 0. The molecule has 0 aliphatic carbocycles. The molecule has 0 saturated heterocycles. The Bertz CT molecular complexity index is 1440. The predicted molar refractivity (Wildman–Crippen MR) is 138 cm³/mol. The minimum absolute atomic E-state index is 0.0466. The van der Waals surface area contributed by atoms with E-state index in [0.717, 1.165) is 16.7 Å². The molecule has 0 unspecified atom stereocenters. The van der Waals surface area contributed by atoms with Gasteiger partial charge in [0.15, 0.2) is 5.69 Å². The molecule has 6 nitrogen and oxygen atoms in total. The van der Waals surface area contributed by atoms with Gasteiger partial charge in [0.05, 0.1) is 18.0 Å². The molecule has 1 heterocycles. The molecule has 0 radical (unpaired) electrons. The lowest BCUT2D eigenvalue weighted by molar-refractivity contribution is -0.116. The molecule has 2 N–H and O–H groups in total. The van der Waals surface area contributed by atoms with Crippen LogP contribution >= 0.6 is 0 Å². The number of anilines is 1. The van der Waals surface area contributed by atoms with Gasteiger partial charge in [-0.05, 0) is 40.1 Å². The Labute approximate surface area is 202 Å². The first-order valence-electron chi connectivity index (χ1n) is 11.3. The van der Waals surface area contributed by atoms with Crippen molar-refractivity contribution in [3.8, 4) is 5.88 Å². The van der Waals surface area contributed by atoms with Gasteiger partial charge in [0.25, 0.3) is 0 Å². The van der Waals surface area contributed by atoms with E-state index in [0.29, 0.717) is 23.1 Å². The maximum absolute atomic E-state index is 13.5. The van der Waals surface area contributed by atoms with Crippen LogP contribution in [-0.4, -0.2) is 15.6 Å². The SMILES string of the molecule is O=Nc1c(O)n(Cc2ccccc2)c2ccc(NC(=O)C(c3ccccc3)c3ccccc3)cc12. The number of rotatable bonds is 7. The van der Waals surface area contributed by atoms with Crippen LogP contribution in [-0.2, 0) is 11.3 Å². The van der Waals surface area contributed by atoms with Crippen molar-refractivity contribution < 1.29 is 9.90 Å². The summed E-state index contributed by atoms with van der Waals surface area (Å²) in [4.78, 5) is 25.1. The Morgan fingerprint density at radius 2 is 1.40 bits per heavy atom. The van der Waals surface area contributed by atoms with Crippen molar-refractivity contribution >= 4 is 28.2 Å². The Morgan fingerprint density at radius 3 is 1.97 bits per heavy atom. The number of nitrogens with one attached hydrogen (secondary N) is 1. The van der Waals surface area contributed by atoms with Crippen molar-refractivity contribution in [2.75, 3.05) is 5.32 Å². The number of carbonyl (C=O) groups is 1. The molecule has 0 aliphatic rings. The number of amides is 1. The number of nitroso groups, excluding NO2 is 1. The van der Waals surface area contributed by atoms with Crippen molar-refractivity contribution in [1.82, 2.24) is 4.57 Å². The predicted octanol–water partition coefficient (Wildman–Crippen LogP) is 6.56. The van der Waals surface area contributed by atoms with Gasteiger partial charge in [-0.2, -0.15) is 0 Å². The fraction of sp³-hybridized carbons (Fsp3) is 0.0690. The number of carbonyl (C=O) groups excluding carboxylic acids is 1. The van der Waals surface area contributed by atoms with Crippen LogP contribution in [0.15, 0.2) is 114 Å². The highest BCUT2D eigenvalue weighted by molar-refractivity contribution is 6.02. The topological polar surface area (TPSA) is 83.7 Å². The molecule has 0 aliphatic heterocycles.